The minimum atomic E-state index is 0.357. The van der Waals surface area contributed by atoms with Crippen LogP contribution in [0.15, 0.2) is 12.1 Å². The number of likely N-dealkylation sites (tertiary alicyclic amines) is 1. The van der Waals surface area contributed by atoms with Crippen molar-refractivity contribution in [3.05, 3.63) is 23.3 Å². The number of hydrogen-bond donors (Lipinski definition) is 0. The first-order valence-electron chi connectivity index (χ1n) is 10.2. The van der Waals surface area contributed by atoms with Gasteiger partial charge in [-0.25, -0.2) is 0 Å². The molecular formula is C21H33N3O2. The van der Waals surface area contributed by atoms with Crippen molar-refractivity contribution in [1.29, 1.82) is 0 Å². The molecule has 144 valence electrons. The molecular weight excluding hydrogens is 326 g/mol. The number of likely N-dealkylation sites (N-methyl/N-ethyl adjacent to an activating group) is 1. The second-order valence-corrected chi connectivity index (χ2v) is 8.19. The molecule has 0 saturated carbocycles. The highest BCUT2D eigenvalue weighted by molar-refractivity contribution is 5.48. The number of ether oxygens (including phenoxy) is 2. The molecule has 0 amide bonds. The normalized spacial score (nSPS) is 24.9. The van der Waals surface area contributed by atoms with Gasteiger partial charge in [0.1, 0.15) is 0 Å². The predicted molar refractivity (Wildman–Crippen MR) is 104 cm³/mol. The van der Waals surface area contributed by atoms with E-state index in [1.165, 1.54) is 76.1 Å². The van der Waals surface area contributed by atoms with Gasteiger partial charge in [-0.1, -0.05) is 6.42 Å². The van der Waals surface area contributed by atoms with Gasteiger partial charge in [0.05, 0.1) is 0 Å². The van der Waals surface area contributed by atoms with E-state index in [1.807, 2.05) is 0 Å². The second kappa shape index (κ2) is 8.15. The van der Waals surface area contributed by atoms with Gasteiger partial charge in [-0.2, -0.15) is 0 Å². The van der Waals surface area contributed by atoms with Crippen molar-refractivity contribution >= 4 is 0 Å². The SMILES string of the molecule is Cc1cc2c(cc1CN1CCCC[C@@H]1CCN1CCN(C)CC1)OCO2. The van der Waals surface area contributed by atoms with E-state index >= 15 is 0 Å². The van der Waals surface area contributed by atoms with Gasteiger partial charge in [0, 0.05) is 38.8 Å². The molecule has 2 fully saturated rings. The summed E-state index contributed by atoms with van der Waals surface area (Å²) in [6.45, 7) is 10.9. The maximum absolute atomic E-state index is 5.59. The first-order valence-corrected chi connectivity index (χ1v) is 10.2. The maximum atomic E-state index is 5.59. The Morgan fingerprint density at radius 1 is 1.00 bits per heavy atom. The molecule has 0 N–H and O–H groups in total. The van der Waals surface area contributed by atoms with E-state index in [2.05, 4.69) is 40.8 Å². The Hall–Kier alpha value is -1.30. The van der Waals surface area contributed by atoms with Crippen molar-refractivity contribution in [2.24, 2.45) is 0 Å². The highest BCUT2D eigenvalue weighted by Crippen LogP contribution is 2.35. The van der Waals surface area contributed by atoms with Crippen LogP contribution >= 0.6 is 0 Å². The molecule has 4 rings (SSSR count). The van der Waals surface area contributed by atoms with Gasteiger partial charge >= 0.3 is 0 Å². The lowest BCUT2D eigenvalue weighted by molar-refractivity contribution is 0.101. The summed E-state index contributed by atoms with van der Waals surface area (Å²) in [5.74, 6) is 1.81. The van der Waals surface area contributed by atoms with Crippen LogP contribution in [-0.4, -0.2) is 73.9 Å². The van der Waals surface area contributed by atoms with Crippen molar-refractivity contribution in [2.45, 2.75) is 45.2 Å². The Morgan fingerprint density at radius 3 is 2.58 bits per heavy atom. The molecule has 3 heterocycles. The Labute approximate surface area is 157 Å². The van der Waals surface area contributed by atoms with Crippen LogP contribution in [0.3, 0.4) is 0 Å². The molecule has 1 aromatic rings. The Bertz CT molecular complexity index is 614. The van der Waals surface area contributed by atoms with Crippen LogP contribution in [0.1, 0.15) is 36.8 Å². The molecule has 2 saturated heterocycles. The fourth-order valence-electron chi connectivity index (χ4n) is 4.47. The van der Waals surface area contributed by atoms with Crippen LogP contribution in [0, 0.1) is 6.92 Å². The Balaban J connectivity index is 1.37. The van der Waals surface area contributed by atoms with Crippen LogP contribution in [0.4, 0.5) is 0 Å². The van der Waals surface area contributed by atoms with E-state index in [0.717, 1.165) is 18.0 Å². The van der Waals surface area contributed by atoms with Crippen LogP contribution in [0.2, 0.25) is 0 Å². The Morgan fingerprint density at radius 2 is 1.77 bits per heavy atom. The zero-order valence-corrected chi connectivity index (χ0v) is 16.4. The van der Waals surface area contributed by atoms with E-state index in [1.54, 1.807) is 0 Å². The third kappa shape index (κ3) is 4.16. The zero-order chi connectivity index (χ0) is 17.9. The lowest BCUT2D eigenvalue weighted by atomic mass is 9.97. The maximum Gasteiger partial charge on any atom is 0.231 e. The van der Waals surface area contributed by atoms with Crippen LogP contribution in [0.5, 0.6) is 11.5 Å². The van der Waals surface area contributed by atoms with Crippen molar-refractivity contribution in [2.75, 3.05) is 53.1 Å². The number of piperazine rings is 1. The van der Waals surface area contributed by atoms with E-state index in [-0.39, 0.29) is 0 Å². The summed E-state index contributed by atoms with van der Waals surface area (Å²) in [7, 11) is 2.23. The quantitative estimate of drug-likeness (QED) is 0.806. The van der Waals surface area contributed by atoms with Gasteiger partial charge in [-0.05, 0) is 69.6 Å². The third-order valence-corrected chi connectivity index (χ3v) is 6.33. The number of benzene rings is 1. The van der Waals surface area contributed by atoms with Gasteiger partial charge < -0.3 is 19.3 Å². The summed E-state index contributed by atoms with van der Waals surface area (Å²) in [4.78, 5) is 7.80. The summed E-state index contributed by atoms with van der Waals surface area (Å²) >= 11 is 0. The van der Waals surface area contributed by atoms with Crippen molar-refractivity contribution in [1.82, 2.24) is 14.7 Å². The van der Waals surface area contributed by atoms with Crippen molar-refractivity contribution < 1.29 is 9.47 Å². The smallest absolute Gasteiger partial charge is 0.231 e. The summed E-state index contributed by atoms with van der Waals surface area (Å²) in [5, 5.41) is 0. The fourth-order valence-corrected chi connectivity index (χ4v) is 4.47. The molecule has 0 radical (unpaired) electrons. The molecule has 0 aliphatic carbocycles. The average Bonchev–Trinajstić information content (AvgIpc) is 3.09. The molecule has 0 unspecified atom stereocenters. The molecule has 3 aliphatic rings. The third-order valence-electron chi connectivity index (χ3n) is 6.33. The molecule has 3 aliphatic heterocycles. The molecule has 5 heteroatoms. The zero-order valence-electron chi connectivity index (χ0n) is 16.4. The lowest BCUT2D eigenvalue weighted by Gasteiger charge is -2.38. The van der Waals surface area contributed by atoms with Crippen molar-refractivity contribution in [3.63, 3.8) is 0 Å². The van der Waals surface area contributed by atoms with E-state index in [9.17, 15) is 0 Å². The largest absolute Gasteiger partial charge is 0.454 e. The minimum absolute atomic E-state index is 0.357. The highest BCUT2D eigenvalue weighted by Gasteiger charge is 2.25. The molecule has 1 atom stereocenters. The predicted octanol–water partition coefficient (Wildman–Crippen LogP) is 2.72. The molecule has 5 nitrogen and oxygen atoms in total. The first kappa shape index (κ1) is 18.1. The molecule has 26 heavy (non-hydrogen) atoms. The number of hydrogen-bond acceptors (Lipinski definition) is 5. The number of piperidine rings is 1. The topological polar surface area (TPSA) is 28.2 Å². The van der Waals surface area contributed by atoms with E-state index in [0.29, 0.717) is 12.8 Å². The highest BCUT2D eigenvalue weighted by atomic mass is 16.7. The molecule has 0 spiro atoms. The fraction of sp³-hybridized carbons (Fsp3) is 0.714. The van der Waals surface area contributed by atoms with Gasteiger partial charge in [-0.15, -0.1) is 0 Å². The van der Waals surface area contributed by atoms with Gasteiger partial charge in [0.15, 0.2) is 11.5 Å². The number of fused-ring (bicyclic) bond motifs is 1. The van der Waals surface area contributed by atoms with E-state index < -0.39 is 0 Å². The molecule has 0 bridgehead atoms. The molecule has 1 aromatic carbocycles. The Kier molecular flexibility index (Phi) is 5.67. The summed E-state index contributed by atoms with van der Waals surface area (Å²) in [6.07, 6.45) is 5.35. The van der Waals surface area contributed by atoms with Crippen LogP contribution < -0.4 is 9.47 Å². The average molecular weight is 360 g/mol. The standard InChI is InChI=1S/C21H33N3O2/c1-17-13-20-21(26-16-25-20)14-18(17)15-24-7-4-3-5-19(24)6-8-23-11-9-22(2)10-12-23/h13-14,19H,3-12,15-16H2,1-2H3/t19-/m1/s1. The summed E-state index contributed by atoms with van der Waals surface area (Å²) < 4.78 is 11.1. The summed E-state index contributed by atoms with van der Waals surface area (Å²) in [6, 6.07) is 5.05. The first-order chi connectivity index (χ1) is 12.7. The number of rotatable bonds is 5. The minimum Gasteiger partial charge on any atom is -0.454 e. The number of nitrogens with zero attached hydrogens (tertiary/aromatic N) is 3. The van der Waals surface area contributed by atoms with E-state index in [4.69, 9.17) is 9.47 Å². The second-order valence-electron chi connectivity index (χ2n) is 8.19. The van der Waals surface area contributed by atoms with Gasteiger partial charge in [-0.3, -0.25) is 4.90 Å². The lowest BCUT2D eigenvalue weighted by Crippen LogP contribution is -2.47. The monoisotopic (exact) mass is 359 g/mol. The van der Waals surface area contributed by atoms with Crippen LogP contribution in [-0.2, 0) is 6.54 Å². The van der Waals surface area contributed by atoms with Gasteiger partial charge in [0.25, 0.3) is 0 Å². The molecule has 0 aromatic heterocycles. The number of aryl methyl sites for hydroxylation is 1. The van der Waals surface area contributed by atoms with Crippen LogP contribution in [0.25, 0.3) is 0 Å². The van der Waals surface area contributed by atoms with Crippen molar-refractivity contribution in [3.8, 4) is 11.5 Å². The summed E-state index contributed by atoms with van der Waals surface area (Å²) in [5.41, 5.74) is 2.71. The van der Waals surface area contributed by atoms with Gasteiger partial charge in [0.2, 0.25) is 6.79 Å².